The van der Waals surface area contributed by atoms with Crippen molar-refractivity contribution >= 4 is 5.91 Å². The van der Waals surface area contributed by atoms with Gasteiger partial charge in [-0.3, -0.25) is 4.79 Å². The van der Waals surface area contributed by atoms with E-state index in [-0.39, 0.29) is 18.1 Å². The molecule has 2 unspecified atom stereocenters. The molecule has 1 fully saturated rings. The number of nitrogens with zero attached hydrogens (tertiary/aromatic N) is 1. The maximum absolute atomic E-state index is 12.5. The number of ether oxygens (including phenoxy) is 1. The first-order valence-electron chi connectivity index (χ1n) is 7.18. The van der Waals surface area contributed by atoms with E-state index in [0.29, 0.717) is 18.6 Å². The van der Waals surface area contributed by atoms with E-state index in [1.165, 1.54) is 0 Å². The minimum absolute atomic E-state index is 0.0668. The van der Waals surface area contributed by atoms with Crippen LogP contribution in [0.3, 0.4) is 0 Å². The molecule has 0 spiro atoms. The Labute approximate surface area is 120 Å². The number of carbonyl (C=O) groups excluding carboxylic acids is 1. The van der Waals surface area contributed by atoms with Crippen molar-refractivity contribution < 1.29 is 14.6 Å². The van der Waals surface area contributed by atoms with Crippen molar-refractivity contribution in [2.24, 2.45) is 0 Å². The number of methoxy groups -OCH3 is 1. The number of hydrogen-bond acceptors (Lipinski definition) is 3. The molecular formula is C16H23NO3. The summed E-state index contributed by atoms with van der Waals surface area (Å²) in [5.41, 5.74) is 1.77. The van der Waals surface area contributed by atoms with Gasteiger partial charge < -0.3 is 14.7 Å². The largest absolute Gasteiger partial charge is 0.393 e. The van der Waals surface area contributed by atoms with Crippen LogP contribution in [0.2, 0.25) is 0 Å². The Bertz CT molecular complexity index is 442. The average Bonchev–Trinajstić information content (AvgIpc) is 2.86. The molecule has 1 aromatic rings. The molecule has 0 aliphatic carbocycles. The first-order valence-corrected chi connectivity index (χ1v) is 7.18. The summed E-state index contributed by atoms with van der Waals surface area (Å²) < 4.78 is 5.07. The fraction of sp³-hybridized carbons (Fsp3) is 0.562. The lowest BCUT2D eigenvalue weighted by atomic mass is 10.1. The molecule has 1 aliphatic heterocycles. The zero-order valence-electron chi connectivity index (χ0n) is 12.2. The second-order valence-electron chi connectivity index (χ2n) is 5.51. The molecular weight excluding hydrogens is 254 g/mol. The Hall–Kier alpha value is -1.39. The van der Waals surface area contributed by atoms with Crippen LogP contribution in [0.25, 0.3) is 0 Å². The van der Waals surface area contributed by atoms with Gasteiger partial charge in [-0.05, 0) is 43.9 Å². The van der Waals surface area contributed by atoms with Gasteiger partial charge in [-0.1, -0.05) is 12.1 Å². The van der Waals surface area contributed by atoms with Gasteiger partial charge in [-0.25, -0.2) is 0 Å². The van der Waals surface area contributed by atoms with Crippen molar-refractivity contribution in [3.8, 4) is 0 Å². The molecule has 0 bridgehead atoms. The average molecular weight is 277 g/mol. The Balaban J connectivity index is 2.05. The Kier molecular flexibility index (Phi) is 5.15. The zero-order chi connectivity index (χ0) is 14.5. The second kappa shape index (κ2) is 6.86. The van der Waals surface area contributed by atoms with Crippen LogP contribution in [0.5, 0.6) is 0 Å². The number of hydrogen-bond donors (Lipinski definition) is 1. The summed E-state index contributed by atoms with van der Waals surface area (Å²) >= 11 is 0. The van der Waals surface area contributed by atoms with E-state index in [0.717, 1.165) is 24.9 Å². The fourth-order valence-electron chi connectivity index (χ4n) is 2.82. The standard InChI is InChI=1S/C16H23NO3/c1-12(18)10-15-4-3-9-17(15)16(19)14-7-5-13(6-8-14)11-20-2/h5-8,12,15,18H,3-4,9-11H2,1-2H3. The second-order valence-corrected chi connectivity index (χ2v) is 5.51. The lowest BCUT2D eigenvalue weighted by molar-refractivity contribution is 0.0682. The summed E-state index contributed by atoms with van der Waals surface area (Å²) in [6.07, 6.45) is 2.30. The number of amides is 1. The highest BCUT2D eigenvalue weighted by molar-refractivity contribution is 5.94. The van der Waals surface area contributed by atoms with Gasteiger partial charge in [0.25, 0.3) is 5.91 Å². The lowest BCUT2D eigenvalue weighted by Crippen LogP contribution is -2.37. The van der Waals surface area contributed by atoms with Gasteiger partial charge in [0.2, 0.25) is 0 Å². The predicted octanol–water partition coefficient (Wildman–Crippen LogP) is 2.21. The van der Waals surface area contributed by atoms with Gasteiger partial charge in [-0.15, -0.1) is 0 Å². The summed E-state index contributed by atoms with van der Waals surface area (Å²) in [5.74, 6) is 0.0668. The van der Waals surface area contributed by atoms with Crippen LogP contribution in [0, 0.1) is 0 Å². The van der Waals surface area contributed by atoms with Crippen molar-refractivity contribution in [1.29, 1.82) is 0 Å². The number of carbonyl (C=O) groups is 1. The number of rotatable bonds is 5. The third-order valence-corrected chi connectivity index (χ3v) is 3.76. The minimum atomic E-state index is -0.363. The third-order valence-electron chi connectivity index (χ3n) is 3.76. The van der Waals surface area contributed by atoms with Gasteiger partial charge in [-0.2, -0.15) is 0 Å². The van der Waals surface area contributed by atoms with Crippen LogP contribution in [0.4, 0.5) is 0 Å². The summed E-state index contributed by atoms with van der Waals surface area (Å²) in [5, 5.41) is 9.53. The fourth-order valence-corrected chi connectivity index (χ4v) is 2.82. The molecule has 2 rings (SSSR count). The van der Waals surface area contributed by atoms with Crippen molar-refractivity contribution in [3.05, 3.63) is 35.4 Å². The van der Waals surface area contributed by atoms with Gasteiger partial charge in [0.15, 0.2) is 0 Å². The van der Waals surface area contributed by atoms with Crippen LogP contribution in [-0.4, -0.2) is 41.7 Å². The molecule has 0 radical (unpaired) electrons. The molecule has 1 aromatic carbocycles. The van der Waals surface area contributed by atoms with E-state index in [4.69, 9.17) is 4.74 Å². The minimum Gasteiger partial charge on any atom is -0.393 e. The quantitative estimate of drug-likeness (QED) is 0.897. The van der Waals surface area contributed by atoms with E-state index in [1.54, 1.807) is 14.0 Å². The third kappa shape index (κ3) is 3.58. The molecule has 1 N–H and O–H groups in total. The molecule has 0 aromatic heterocycles. The lowest BCUT2D eigenvalue weighted by Gasteiger charge is -2.25. The smallest absolute Gasteiger partial charge is 0.254 e. The molecule has 4 heteroatoms. The highest BCUT2D eigenvalue weighted by Gasteiger charge is 2.29. The van der Waals surface area contributed by atoms with Crippen LogP contribution in [0.15, 0.2) is 24.3 Å². The molecule has 1 aliphatic rings. The van der Waals surface area contributed by atoms with Crippen LogP contribution in [0.1, 0.15) is 42.1 Å². The summed E-state index contributed by atoms with van der Waals surface area (Å²) in [6.45, 7) is 3.12. The molecule has 110 valence electrons. The SMILES string of the molecule is COCc1ccc(C(=O)N2CCCC2CC(C)O)cc1. The van der Waals surface area contributed by atoms with Crippen molar-refractivity contribution in [3.63, 3.8) is 0 Å². The molecule has 20 heavy (non-hydrogen) atoms. The Morgan fingerprint density at radius 1 is 1.45 bits per heavy atom. The maximum Gasteiger partial charge on any atom is 0.254 e. The topological polar surface area (TPSA) is 49.8 Å². The van der Waals surface area contributed by atoms with E-state index in [1.807, 2.05) is 29.2 Å². The van der Waals surface area contributed by atoms with Crippen molar-refractivity contribution in [2.45, 2.75) is 44.9 Å². The van der Waals surface area contributed by atoms with Crippen molar-refractivity contribution in [1.82, 2.24) is 4.90 Å². The summed E-state index contributed by atoms with van der Waals surface area (Å²) in [4.78, 5) is 14.4. The van der Waals surface area contributed by atoms with E-state index in [2.05, 4.69) is 0 Å². The molecule has 1 saturated heterocycles. The number of aliphatic hydroxyl groups is 1. The number of benzene rings is 1. The Morgan fingerprint density at radius 3 is 2.75 bits per heavy atom. The van der Waals surface area contributed by atoms with E-state index < -0.39 is 0 Å². The Morgan fingerprint density at radius 2 is 2.15 bits per heavy atom. The van der Waals surface area contributed by atoms with E-state index >= 15 is 0 Å². The highest BCUT2D eigenvalue weighted by atomic mass is 16.5. The molecule has 1 amide bonds. The monoisotopic (exact) mass is 277 g/mol. The van der Waals surface area contributed by atoms with Gasteiger partial charge in [0.05, 0.1) is 12.7 Å². The van der Waals surface area contributed by atoms with Gasteiger partial charge >= 0.3 is 0 Å². The van der Waals surface area contributed by atoms with Crippen LogP contribution >= 0.6 is 0 Å². The van der Waals surface area contributed by atoms with E-state index in [9.17, 15) is 9.90 Å². The zero-order valence-corrected chi connectivity index (χ0v) is 12.2. The first kappa shape index (κ1) is 15.0. The van der Waals surface area contributed by atoms with Gasteiger partial charge in [0.1, 0.15) is 0 Å². The highest BCUT2D eigenvalue weighted by Crippen LogP contribution is 2.23. The predicted molar refractivity (Wildman–Crippen MR) is 77.5 cm³/mol. The van der Waals surface area contributed by atoms with Crippen LogP contribution < -0.4 is 0 Å². The molecule has 1 heterocycles. The molecule has 2 atom stereocenters. The summed E-state index contributed by atoms with van der Waals surface area (Å²) in [7, 11) is 1.66. The summed E-state index contributed by atoms with van der Waals surface area (Å²) in [6, 6.07) is 7.73. The number of aliphatic hydroxyl groups excluding tert-OH is 1. The molecule has 0 saturated carbocycles. The maximum atomic E-state index is 12.5. The normalized spacial score (nSPS) is 20.1. The van der Waals surface area contributed by atoms with Crippen molar-refractivity contribution in [2.75, 3.05) is 13.7 Å². The van der Waals surface area contributed by atoms with Crippen LogP contribution in [-0.2, 0) is 11.3 Å². The first-order chi connectivity index (χ1) is 9.61. The molecule has 4 nitrogen and oxygen atoms in total. The number of likely N-dealkylation sites (tertiary alicyclic amines) is 1. The van der Waals surface area contributed by atoms with Gasteiger partial charge in [0, 0.05) is 25.3 Å².